The van der Waals surface area contributed by atoms with E-state index < -0.39 is 5.97 Å². The highest BCUT2D eigenvalue weighted by molar-refractivity contribution is 6.31. The maximum atomic E-state index is 12.4. The Morgan fingerprint density at radius 1 is 1.14 bits per heavy atom. The Hall–Kier alpha value is -2.31. The van der Waals surface area contributed by atoms with Crippen molar-refractivity contribution in [2.75, 3.05) is 0 Å². The number of benzene rings is 2. The van der Waals surface area contributed by atoms with Gasteiger partial charge in [-0.05, 0) is 67.3 Å². The van der Waals surface area contributed by atoms with Gasteiger partial charge in [0.1, 0.15) is 11.8 Å². The van der Waals surface area contributed by atoms with Crippen molar-refractivity contribution in [3.05, 3.63) is 64.2 Å². The Balaban J connectivity index is 1.57. The van der Waals surface area contributed by atoms with Gasteiger partial charge in [-0.15, -0.1) is 0 Å². The molecule has 0 heterocycles. The molecule has 1 aliphatic carbocycles. The Morgan fingerprint density at radius 2 is 1.86 bits per heavy atom. The minimum atomic E-state index is -0.421. The number of esters is 1. The number of nitrogens with zero attached hydrogens (tertiary/aromatic N) is 1. The minimum absolute atomic E-state index is 0.276. The van der Waals surface area contributed by atoms with E-state index in [-0.39, 0.29) is 5.02 Å². The molecule has 0 aromatic heterocycles. The third kappa shape index (κ3) is 5.14. The lowest BCUT2D eigenvalue weighted by Crippen LogP contribution is -2.14. The minimum Gasteiger partial charge on any atom is -0.423 e. The predicted octanol–water partition coefficient (Wildman–Crippen LogP) is 6.89. The number of ether oxygens (including phenoxy) is 1. The average molecular weight is 396 g/mol. The van der Waals surface area contributed by atoms with Crippen molar-refractivity contribution < 1.29 is 9.53 Å². The first-order chi connectivity index (χ1) is 13.6. The maximum Gasteiger partial charge on any atom is 0.343 e. The second-order valence-corrected chi connectivity index (χ2v) is 8.03. The van der Waals surface area contributed by atoms with E-state index in [0.29, 0.717) is 22.8 Å². The largest absolute Gasteiger partial charge is 0.423 e. The number of nitriles is 1. The molecule has 0 radical (unpaired) electrons. The van der Waals surface area contributed by atoms with Gasteiger partial charge in [-0.2, -0.15) is 5.26 Å². The number of carbonyl (C=O) groups is 1. The molecular formula is C24H26ClNO2. The molecular weight excluding hydrogens is 370 g/mol. The van der Waals surface area contributed by atoms with Crippen LogP contribution in [0.25, 0.3) is 0 Å². The molecule has 1 saturated carbocycles. The van der Waals surface area contributed by atoms with E-state index in [1.165, 1.54) is 56.6 Å². The van der Waals surface area contributed by atoms with Crippen LogP contribution >= 0.6 is 11.6 Å². The number of rotatable bonds is 6. The first-order valence-electron chi connectivity index (χ1n) is 10.1. The highest BCUT2D eigenvalue weighted by atomic mass is 35.5. The van der Waals surface area contributed by atoms with Crippen molar-refractivity contribution in [1.29, 1.82) is 5.26 Å². The zero-order valence-electron chi connectivity index (χ0n) is 16.3. The topological polar surface area (TPSA) is 50.1 Å². The van der Waals surface area contributed by atoms with E-state index >= 15 is 0 Å². The lowest BCUT2D eigenvalue weighted by molar-refractivity contribution is 0.0735. The molecule has 4 heteroatoms. The second kappa shape index (κ2) is 9.75. The van der Waals surface area contributed by atoms with Crippen molar-refractivity contribution in [3.8, 4) is 11.8 Å². The summed E-state index contributed by atoms with van der Waals surface area (Å²) in [7, 11) is 0. The van der Waals surface area contributed by atoms with Crippen LogP contribution in [-0.4, -0.2) is 5.97 Å². The fourth-order valence-corrected chi connectivity index (χ4v) is 4.20. The van der Waals surface area contributed by atoms with Gasteiger partial charge in [0.05, 0.1) is 16.1 Å². The molecule has 0 saturated heterocycles. The number of halogens is 1. The van der Waals surface area contributed by atoms with E-state index in [2.05, 4.69) is 19.1 Å². The number of carbonyl (C=O) groups excluding carboxylic acids is 1. The molecule has 0 unspecified atom stereocenters. The maximum absolute atomic E-state index is 12.4. The molecule has 146 valence electrons. The summed E-state index contributed by atoms with van der Waals surface area (Å²) in [5.41, 5.74) is 2.18. The Kier molecular flexibility index (Phi) is 7.12. The lowest BCUT2D eigenvalue weighted by Gasteiger charge is -2.28. The van der Waals surface area contributed by atoms with Crippen LogP contribution < -0.4 is 4.74 Å². The Bertz CT molecular complexity index is 846. The third-order valence-corrected chi connectivity index (χ3v) is 6.01. The Labute approximate surface area is 172 Å². The standard InChI is InChI=1S/C24H26ClNO2/c1-2-3-4-17-5-7-18(8-6-17)19-9-11-20(12-10-19)24(27)28-22-14-13-21(16-26)23(25)15-22/h9-15,17-18H,2-8H2,1H3. The molecule has 0 atom stereocenters. The van der Waals surface area contributed by atoms with Crippen LogP contribution in [0.1, 0.15) is 79.3 Å². The first-order valence-corrected chi connectivity index (χ1v) is 10.5. The predicted molar refractivity (Wildman–Crippen MR) is 112 cm³/mol. The van der Waals surface area contributed by atoms with Crippen LogP contribution in [0, 0.1) is 17.2 Å². The van der Waals surface area contributed by atoms with Gasteiger partial charge in [0.25, 0.3) is 0 Å². The fraction of sp³-hybridized carbons (Fsp3) is 0.417. The highest BCUT2D eigenvalue weighted by Crippen LogP contribution is 2.37. The van der Waals surface area contributed by atoms with Crippen LogP contribution in [0.2, 0.25) is 5.02 Å². The number of hydrogen-bond acceptors (Lipinski definition) is 3. The van der Waals surface area contributed by atoms with E-state index in [1.54, 1.807) is 12.1 Å². The van der Waals surface area contributed by atoms with Gasteiger partial charge in [-0.3, -0.25) is 0 Å². The van der Waals surface area contributed by atoms with Crippen LogP contribution in [0.4, 0.5) is 0 Å². The molecule has 0 spiro atoms. The number of unbranched alkanes of at least 4 members (excludes halogenated alkanes) is 1. The number of hydrogen-bond donors (Lipinski definition) is 0. The smallest absolute Gasteiger partial charge is 0.343 e. The summed E-state index contributed by atoms with van der Waals surface area (Å²) in [4.78, 5) is 12.4. The van der Waals surface area contributed by atoms with Crippen molar-refractivity contribution in [2.45, 2.75) is 57.8 Å². The highest BCUT2D eigenvalue weighted by Gasteiger charge is 2.22. The van der Waals surface area contributed by atoms with E-state index in [0.717, 1.165) is 5.92 Å². The molecule has 0 N–H and O–H groups in total. The molecule has 1 aliphatic rings. The van der Waals surface area contributed by atoms with Gasteiger partial charge < -0.3 is 4.74 Å². The summed E-state index contributed by atoms with van der Waals surface area (Å²) < 4.78 is 5.38. The zero-order valence-corrected chi connectivity index (χ0v) is 17.0. The molecule has 28 heavy (non-hydrogen) atoms. The van der Waals surface area contributed by atoms with E-state index in [4.69, 9.17) is 21.6 Å². The van der Waals surface area contributed by atoms with Gasteiger partial charge in [0, 0.05) is 6.07 Å². The van der Waals surface area contributed by atoms with Gasteiger partial charge in [0.15, 0.2) is 0 Å². The molecule has 3 nitrogen and oxygen atoms in total. The average Bonchev–Trinajstić information content (AvgIpc) is 2.73. The molecule has 1 fully saturated rings. The van der Waals surface area contributed by atoms with Crippen LogP contribution in [0.15, 0.2) is 42.5 Å². The van der Waals surface area contributed by atoms with Gasteiger partial charge in [-0.25, -0.2) is 4.79 Å². The molecule has 3 rings (SSSR count). The summed E-state index contributed by atoms with van der Waals surface area (Å²) in [5, 5.41) is 9.19. The zero-order chi connectivity index (χ0) is 19.9. The van der Waals surface area contributed by atoms with Gasteiger partial charge >= 0.3 is 5.97 Å². The normalized spacial score (nSPS) is 19.0. The molecule has 0 bridgehead atoms. The van der Waals surface area contributed by atoms with Crippen LogP contribution in [0.5, 0.6) is 5.75 Å². The summed E-state index contributed by atoms with van der Waals surface area (Å²) in [6.07, 6.45) is 9.10. The van der Waals surface area contributed by atoms with Crippen LogP contribution in [0.3, 0.4) is 0 Å². The van der Waals surface area contributed by atoms with Crippen molar-refractivity contribution in [1.82, 2.24) is 0 Å². The van der Waals surface area contributed by atoms with Gasteiger partial charge in [-0.1, -0.05) is 49.9 Å². The first kappa shape index (κ1) is 20.4. The molecule has 2 aromatic rings. The molecule has 2 aromatic carbocycles. The lowest BCUT2D eigenvalue weighted by atomic mass is 9.77. The SMILES string of the molecule is CCCCC1CCC(c2ccc(C(=O)Oc3ccc(C#N)c(Cl)c3)cc2)CC1. The summed E-state index contributed by atoms with van der Waals surface area (Å²) >= 11 is 5.99. The summed E-state index contributed by atoms with van der Waals surface area (Å²) in [6, 6.07) is 14.4. The second-order valence-electron chi connectivity index (χ2n) is 7.62. The quantitative estimate of drug-likeness (QED) is 0.395. The van der Waals surface area contributed by atoms with E-state index in [1.807, 2.05) is 18.2 Å². The molecule has 0 amide bonds. The third-order valence-electron chi connectivity index (χ3n) is 5.70. The Morgan fingerprint density at radius 3 is 2.46 bits per heavy atom. The summed E-state index contributed by atoms with van der Waals surface area (Å²) in [6.45, 7) is 2.26. The van der Waals surface area contributed by atoms with Crippen molar-refractivity contribution in [2.24, 2.45) is 5.92 Å². The van der Waals surface area contributed by atoms with Crippen molar-refractivity contribution in [3.63, 3.8) is 0 Å². The molecule has 0 aliphatic heterocycles. The van der Waals surface area contributed by atoms with Crippen molar-refractivity contribution >= 4 is 17.6 Å². The fourth-order valence-electron chi connectivity index (χ4n) is 3.98. The summed E-state index contributed by atoms with van der Waals surface area (Å²) in [5.74, 6) is 1.41. The monoisotopic (exact) mass is 395 g/mol. The van der Waals surface area contributed by atoms with Crippen LogP contribution in [-0.2, 0) is 0 Å². The van der Waals surface area contributed by atoms with Gasteiger partial charge in [0.2, 0.25) is 0 Å². The van der Waals surface area contributed by atoms with E-state index in [9.17, 15) is 4.79 Å².